The lowest BCUT2D eigenvalue weighted by molar-refractivity contribution is 0.0757. The molecule has 2 aromatic carbocycles. The maximum absolute atomic E-state index is 13.5. The molecule has 5 rings (SSSR count). The van der Waals surface area contributed by atoms with Crippen molar-refractivity contribution in [1.82, 2.24) is 19.8 Å². The summed E-state index contributed by atoms with van der Waals surface area (Å²) in [5.41, 5.74) is 2.99. The number of halogens is 1. The Bertz CT molecular complexity index is 1420. The quantitative estimate of drug-likeness (QED) is 0.397. The molecule has 1 aliphatic heterocycles. The number of amides is 1. The highest BCUT2D eigenvalue weighted by atomic mass is 35.5. The first-order valence-corrected chi connectivity index (χ1v) is 12.3. The van der Waals surface area contributed by atoms with Gasteiger partial charge in [-0.05, 0) is 56.9 Å². The molecule has 180 valence electrons. The fraction of sp³-hybridized carbons (Fsp3) is 0.333. The molecule has 0 radical (unpaired) electrons. The van der Waals surface area contributed by atoms with Crippen LogP contribution in [0.25, 0.3) is 10.8 Å². The van der Waals surface area contributed by atoms with Gasteiger partial charge in [-0.2, -0.15) is 5.10 Å². The molecular formula is C27H27ClN4O3. The summed E-state index contributed by atoms with van der Waals surface area (Å²) in [5, 5.41) is 11.0. The van der Waals surface area contributed by atoms with E-state index < -0.39 is 0 Å². The highest BCUT2D eigenvalue weighted by Crippen LogP contribution is 2.26. The summed E-state index contributed by atoms with van der Waals surface area (Å²) in [4.78, 5) is 28.5. The maximum Gasteiger partial charge on any atom is 0.274 e. The van der Waals surface area contributed by atoms with Gasteiger partial charge in [-0.15, -0.1) is 0 Å². The zero-order valence-corrected chi connectivity index (χ0v) is 20.6. The van der Waals surface area contributed by atoms with Crippen LogP contribution >= 0.6 is 11.6 Å². The zero-order chi connectivity index (χ0) is 24.5. The smallest absolute Gasteiger partial charge is 0.274 e. The lowest BCUT2D eigenvalue weighted by atomic mass is 10.0. The van der Waals surface area contributed by atoms with Crippen LogP contribution in [-0.4, -0.2) is 38.8 Å². The number of benzene rings is 2. The highest BCUT2D eigenvalue weighted by Gasteiger charge is 2.28. The molecule has 0 spiro atoms. The summed E-state index contributed by atoms with van der Waals surface area (Å²) in [6, 6.07) is 15.3. The zero-order valence-electron chi connectivity index (χ0n) is 19.8. The van der Waals surface area contributed by atoms with Crippen molar-refractivity contribution in [1.29, 1.82) is 0 Å². The Hall–Kier alpha value is -3.45. The van der Waals surface area contributed by atoms with Crippen molar-refractivity contribution in [3.63, 3.8) is 0 Å². The van der Waals surface area contributed by atoms with Gasteiger partial charge in [0, 0.05) is 29.9 Å². The Morgan fingerprint density at radius 1 is 1.06 bits per heavy atom. The van der Waals surface area contributed by atoms with Crippen LogP contribution in [0.5, 0.6) is 0 Å². The van der Waals surface area contributed by atoms with E-state index in [4.69, 9.17) is 21.2 Å². The number of carbonyl (C=O) groups excluding carboxylic acids is 1. The molecule has 1 aliphatic rings. The van der Waals surface area contributed by atoms with E-state index in [1.54, 1.807) is 18.5 Å². The molecule has 1 amide bonds. The third-order valence-corrected chi connectivity index (χ3v) is 7.02. The first-order valence-electron chi connectivity index (χ1n) is 11.9. The van der Waals surface area contributed by atoms with Crippen LogP contribution in [0.15, 0.2) is 57.8 Å². The van der Waals surface area contributed by atoms with Crippen LogP contribution in [-0.2, 0) is 6.42 Å². The number of carbonyl (C=O) groups is 1. The predicted octanol–water partition coefficient (Wildman–Crippen LogP) is 5.11. The number of hydrogen-bond acceptors (Lipinski definition) is 5. The van der Waals surface area contributed by atoms with Crippen molar-refractivity contribution in [2.24, 2.45) is 0 Å². The average Bonchev–Trinajstić information content (AvgIpc) is 3.05. The van der Waals surface area contributed by atoms with Crippen molar-refractivity contribution in [3.8, 4) is 0 Å². The molecule has 2 aromatic heterocycles. The number of rotatable bonds is 4. The summed E-state index contributed by atoms with van der Waals surface area (Å²) in [7, 11) is 0. The molecular weight excluding hydrogens is 464 g/mol. The fourth-order valence-corrected chi connectivity index (χ4v) is 5.05. The van der Waals surface area contributed by atoms with Gasteiger partial charge in [0.2, 0.25) is 0 Å². The van der Waals surface area contributed by atoms with Gasteiger partial charge >= 0.3 is 0 Å². The molecule has 4 aromatic rings. The summed E-state index contributed by atoms with van der Waals surface area (Å²) < 4.78 is 6.84. The standard InChI is InChI=1S/C27H27ClN4O3/c1-17-25(18(2)35-30-17)27(34)31-14-5-6-21(13-15-31)32-26(33)23-8-4-3-7-22(23)24(29-32)16-19-9-11-20(28)12-10-19/h3-4,7-12,21H,5-6,13-16H2,1-2H3. The van der Waals surface area contributed by atoms with E-state index in [1.807, 2.05) is 53.4 Å². The molecule has 0 N–H and O–H groups in total. The van der Waals surface area contributed by atoms with Gasteiger partial charge in [-0.25, -0.2) is 4.68 Å². The number of likely N-dealkylation sites (tertiary alicyclic amines) is 1. The van der Waals surface area contributed by atoms with Gasteiger partial charge in [-0.1, -0.05) is 47.1 Å². The van der Waals surface area contributed by atoms with Crippen molar-refractivity contribution >= 4 is 28.3 Å². The lowest BCUT2D eigenvalue weighted by Crippen LogP contribution is -2.33. The molecule has 8 heteroatoms. The topological polar surface area (TPSA) is 81.2 Å². The molecule has 0 saturated carbocycles. The Balaban J connectivity index is 1.45. The van der Waals surface area contributed by atoms with Gasteiger partial charge in [0.25, 0.3) is 11.5 Å². The maximum atomic E-state index is 13.5. The largest absolute Gasteiger partial charge is 0.361 e. The molecule has 1 fully saturated rings. The number of nitrogens with zero attached hydrogens (tertiary/aromatic N) is 4. The molecule has 3 heterocycles. The number of hydrogen-bond donors (Lipinski definition) is 0. The Morgan fingerprint density at radius 3 is 2.51 bits per heavy atom. The normalized spacial score (nSPS) is 16.4. The van der Waals surface area contributed by atoms with Crippen LogP contribution in [0, 0.1) is 13.8 Å². The summed E-state index contributed by atoms with van der Waals surface area (Å²) >= 11 is 6.06. The number of aromatic nitrogens is 3. The summed E-state index contributed by atoms with van der Waals surface area (Å²) in [5.74, 6) is 0.469. The van der Waals surface area contributed by atoms with Crippen LogP contribution < -0.4 is 5.56 Å². The highest BCUT2D eigenvalue weighted by molar-refractivity contribution is 6.30. The lowest BCUT2D eigenvalue weighted by Gasteiger charge is -2.21. The third-order valence-electron chi connectivity index (χ3n) is 6.77. The van der Waals surface area contributed by atoms with Crippen molar-refractivity contribution in [2.75, 3.05) is 13.1 Å². The monoisotopic (exact) mass is 490 g/mol. The predicted molar refractivity (Wildman–Crippen MR) is 135 cm³/mol. The van der Waals surface area contributed by atoms with E-state index in [9.17, 15) is 9.59 Å². The molecule has 1 unspecified atom stereocenters. The fourth-order valence-electron chi connectivity index (χ4n) is 4.92. The molecule has 7 nitrogen and oxygen atoms in total. The van der Waals surface area contributed by atoms with Crippen LogP contribution in [0.4, 0.5) is 0 Å². The van der Waals surface area contributed by atoms with E-state index in [-0.39, 0.29) is 17.5 Å². The van der Waals surface area contributed by atoms with Gasteiger partial charge < -0.3 is 9.42 Å². The minimum Gasteiger partial charge on any atom is -0.361 e. The van der Waals surface area contributed by atoms with Crippen molar-refractivity contribution in [3.05, 3.63) is 92.2 Å². The minimum atomic E-state index is -0.0871. The van der Waals surface area contributed by atoms with E-state index in [0.29, 0.717) is 53.4 Å². The second kappa shape index (κ2) is 9.66. The number of aryl methyl sites for hydroxylation is 2. The first kappa shape index (κ1) is 23.3. The van der Waals surface area contributed by atoms with Crippen molar-refractivity contribution in [2.45, 2.75) is 45.6 Å². The van der Waals surface area contributed by atoms with Gasteiger partial charge in [0.1, 0.15) is 11.3 Å². The van der Waals surface area contributed by atoms with Crippen LogP contribution in [0.2, 0.25) is 5.02 Å². The molecule has 0 bridgehead atoms. The molecule has 35 heavy (non-hydrogen) atoms. The van der Waals surface area contributed by atoms with E-state index in [2.05, 4.69) is 5.16 Å². The molecule has 1 saturated heterocycles. The summed E-state index contributed by atoms with van der Waals surface area (Å²) in [6.45, 7) is 4.71. The average molecular weight is 491 g/mol. The van der Waals surface area contributed by atoms with Gasteiger partial charge in [-0.3, -0.25) is 9.59 Å². The second-order valence-electron chi connectivity index (χ2n) is 9.12. The second-order valence-corrected chi connectivity index (χ2v) is 9.56. The Labute approximate surface area is 208 Å². The number of fused-ring (bicyclic) bond motifs is 1. The van der Waals surface area contributed by atoms with Crippen molar-refractivity contribution < 1.29 is 9.32 Å². The van der Waals surface area contributed by atoms with E-state index in [1.165, 1.54) is 0 Å². The van der Waals surface area contributed by atoms with Gasteiger partial charge in [0.15, 0.2) is 0 Å². The van der Waals surface area contributed by atoms with Crippen LogP contribution in [0.1, 0.15) is 58.4 Å². The SMILES string of the molecule is Cc1noc(C)c1C(=O)N1CCCC(n2nc(Cc3ccc(Cl)cc3)c3ccccc3c2=O)CC1. The molecule has 0 aliphatic carbocycles. The minimum absolute atomic E-state index is 0.0656. The van der Waals surface area contributed by atoms with Crippen LogP contribution in [0.3, 0.4) is 0 Å². The summed E-state index contributed by atoms with van der Waals surface area (Å²) in [6.07, 6.45) is 2.81. The Kier molecular flexibility index (Phi) is 6.43. The van der Waals surface area contributed by atoms with Gasteiger partial charge in [0.05, 0.1) is 22.8 Å². The van der Waals surface area contributed by atoms with E-state index in [0.717, 1.165) is 29.5 Å². The first-order chi connectivity index (χ1) is 16.9. The Morgan fingerprint density at radius 2 is 1.80 bits per heavy atom. The molecule has 1 atom stereocenters. The van der Waals surface area contributed by atoms with E-state index >= 15 is 0 Å². The third kappa shape index (κ3) is 4.60.